The third kappa shape index (κ3) is 1.69. The topological polar surface area (TPSA) is 148 Å². The van der Waals surface area contributed by atoms with Crippen LogP contribution in [0, 0.1) is 10.8 Å². The van der Waals surface area contributed by atoms with Gasteiger partial charge in [-0.25, -0.2) is 9.59 Å². The number of rotatable bonds is 1. The van der Waals surface area contributed by atoms with E-state index < -0.39 is 68.8 Å². The fraction of sp³-hybridized carbons (Fsp3) is 0.654. The molecule has 0 amide bonds. The molecule has 9 unspecified atom stereocenters. The second-order valence-corrected chi connectivity index (χ2v) is 12.4. The van der Waals surface area contributed by atoms with Crippen LogP contribution in [0.3, 0.4) is 0 Å². The van der Waals surface area contributed by atoms with Crippen molar-refractivity contribution in [1.29, 1.82) is 0 Å². The molecule has 7 aliphatic rings. The fourth-order valence-corrected chi connectivity index (χ4v) is 9.11. The lowest BCUT2D eigenvalue weighted by molar-refractivity contribution is -0.285. The average molecular weight is 498 g/mol. The van der Waals surface area contributed by atoms with E-state index in [0.29, 0.717) is 24.0 Å². The van der Waals surface area contributed by atoms with Crippen LogP contribution in [-0.2, 0) is 33.3 Å². The number of epoxide rings is 2. The first-order valence-electron chi connectivity index (χ1n) is 12.3. The molecule has 2 spiro atoms. The first-order valence-corrected chi connectivity index (χ1v) is 12.3. The van der Waals surface area contributed by atoms with E-state index in [9.17, 15) is 24.6 Å². The van der Waals surface area contributed by atoms with Crippen LogP contribution < -0.4 is 0 Å². The van der Waals surface area contributed by atoms with Gasteiger partial charge < -0.3 is 33.6 Å². The molecule has 9 atom stereocenters. The largest absolute Gasteiger partial charge is 0.472 e. The molecule has 2 saturated carbocycles. The second kappa shape index (κ2) is 5.36. The minimum absolute atomic E-state index is 0.254. The number of hydrogen-bond acceptors (Lipinski definition) is 10. The summed E-state index contributed by atoms with van der Waals surface area (Å²) in [5, 5.41) is 25.0. The Morgan fingerprint density at radius 3 is 2.44 bits per heavy atom. The predicted molar refractivity (Wildman–Crippen MR) is 115 cm³/mol. The van der Waals surface area contributed by atoms with Crippen LogP contribution in [0.1, 0.15) is 58.6 Å². The third-order valence-corrected chi connectivity index (χ3v) is 10.7. The molecule has 4 aliphatic heterocycles. The Labute approximate surface area is 205 Å². The number of carbonyl (C=O) groups is 3. The van der Waals surface area contributed by atoms with E-state index in [4.69, 9.17) is 23.4 Å². The summed E-state index contributed by atoms with van der Waals surface area (Å²) in [6.45, 7) is 6.55. The number of esters is 2. The first kappa shape index (κ1) is 21.5. The van der Waals surface area contributed by atoms with Crippen molar-refractivity contribution in [3.63, 3.8) is 0 Å². The maximum Gasteiger partial charge on any atom is 0.339 e. The highest BCUT2D eigenvalue weighted by molar-refractivity contribution is 6.07. The summed E-state index contributed by atoms with van der Waals surface area (Å²) in [7, 11) is 0. The molecular weight excluding hydrogens is 472 g/mol. The Morgan fingerprint density at radius 2 is 1.78 bits per heavy atom. The molecule has 36 heavy (non-hydrogen) atoms. The highest BCUT2D eigenvalue weighted by Gasteiger charge is 2.98. The zero-order valence-corrected chi connectivity index (χ0v) is 20.2. The third-order valence-electron chi connectivity index (χ3n) is 10.7. The van der Waals surface area contributed by atoms with Crippen LogP contribution in [0.5, 0.6) is 0 Å². The smallest absolute Gasteiger partial charge is 0.339 e. The van der Waals surface area contributed by atoms with Crippen LogP contribution >= 0.6 is 0 Å². The van der Waals surface area contributed by atoms with Crippen LogP contribution in [-0.4, -0.2) is 68.1 Å². The average Bonchev–Trinajstić information content (AvgIpc) is 3.64. The Kier molecular flexibility index (Phi) is 3.21. The minimum atomic E-state index is -2.62. The highest BCUT2D eigenvalue weighted by Crippen LogP contribution is 2.78. The summed E-state index contributed by atoms with van der Waals surface area (Å²) >= 11 is 0. The molecule has 1 aromatic heterocycles. The van der Waals surface area contributed by atoms with Gasteiger partial charge in [-0.1, -0.05) is 6.92 Å². The second-order valence-electron chi connectivity index (χ2n) is 12.4. The van der Waals surface area contributed by atoms with E-state index in [1.54, 1.807) is 19.9 Å². The maximum atomic E-state index is 14.2. The lowest BCUT2D eigenvalue weighted by Gasteiger charge is -2.65. The zero-order valence-electron chi connectivity index (χ0n) is 20.2. The van der Waals surface area contributed by atoms with Crippen molar-refractivity contribution >= 4 is 17.7 Å². The number of cyclic esters (lactones) is 1. The molecule has 0 bridgehead atoms. The molecule has 190 valence electrons. The number of furan rings is 1. The SMILES string of the molecule is CC12CCC3OC34CC3(O)C(=O)C(C)(C)C56OC5C(=O)OC6(C)C3(O)C(=C14)C(=O)OC2c1ccoc1. The molecule has 1 aromatic rings. The number of ketones is 1. The summed E-state index contributed by atoms with van der Waals surface area (Å²) in [5.74, 6) is -2.36. The van der Waals surface area contributed by atoms with Crippen LogP contribution in [0.15, 0.2) is 34.2 Å². The molecule has 3 aliphatic carbocycles. The van der Waals surface area contributed by atoms with Crippen LogP contribution in [0.2, 0.25) is 0 Å². The molecule has 0 aromatic carbocycles. The zero-order chi connectivity index (χ0) is 25.5. The monoisotopic (exact) mass is 498 g/mol. The molecule has 2 N–H and O–H groups in total. The summed E-state index contributed by atoms with van der Waals surface area (Å²) in [4.78, 5) is 41.0. The Hall–Kier alpha value is -2.53. The van der Waals surface area contributed by atoms with Gasteiger partial charge in [0.1, 0.15) is 11.7 Å². The first-order chi connectivity index (χ1) is 16.8. The van der Waals surface area contributed by atoms with E-state index in [0.717, 1.165) is 0 Å². The van der Waals surface area contributed by atoms with E-state index in [-0.39, 0.29) is 18.1 Å². The van der Waals surface area contributed by atoms with Gasteiger partial charge in [-0.3, -0.25) is 4.79 Å². The van der Waals surface area contributed by atoms with E-state index >= 15 is 0 Å². The molecule has 8 rings (SSSR count). The van der Waals surface area contributed by atoms with Crippen LogP contribution in [0.4, 0.5) is 0 Å². The van der Waals surface area contributed by atoms with Gasteiger partial charge in [-0.15, -0.1) is 0 Å². The summed E-state index contributed by atoms with van der Waals surface area (Å²) < 4.78 is 29.1. The number of fused-ring (bicyclic) bond motifs is 3. The number of ether oxygens (including phenoxy) is 4. The molecule has 5 fully saturated rings. The highest BCUT2D eigenvalue weighted by atomic mass is 16.7. The number of Topliss-reactive ketones (excluding diaryl/α,β-unsaturated/α-hetero) is 1. The quantitative estimate of drug-likeness (QED) is 0.425. The van der Waals surface area contributed by atoms with E-state index in [2.05, 4.69) is 0 Å². The van der Waals surface area contributed by atoms with Crippen molar-refractivity contribution in [2.45, 2.75) is 93.3 Å². The summed E-state index contributed by atoms with van der Waals surface area (Å²) in [6.07, 6.45) is 1.79. The summed E-state index contributed by atoms with van der Waals surface area (Å²) in [6, 6.07) is 1.72. The van der Waals surface area contributed by atoms with Crippen molar-refractivity contribution in [3.8, 4) is 0 Å². The molecular formula is C26H26O10. The van der Waals surface area contributed by atoms with Crippen molar-refractivity contribution in [3.05, 3.63) is 35.3 Å². The van der Waals surface area contributed by atoms with Gasteiger partial charge in [0, 0.05) is 17.4 Å². The van der Waals surface area contributed by atoms with Gasteiger partial charge in [0.25, 0.3) is 0 Å². The van der Waals surface area contributed by atoms with Crippen molar-refractivity contribution in [2.75, 3.05) is 0 Å². The predicted octanol–water partition coefficient (Wildman–Crippen LogP) is 1.04. The van der Waals surface area contributed by atoms with Crippen molar-refractivity contribution < 1.29 is 48.0 Å². The molecule has 5 heterocycles. The number of hydrogen-bond donors (Lipinski definition) is 2. The van der Waals surface area contributed by atoms with Gasteiger partial charge in [-0.05, 0) is 45.3 Å². The van der Waals surface area contributed by atoms with E-state index in [1.807, 2.05) is 6.92 Å². The Bertz CT molecular complexity index is 1360. The number of carbonyl (C=O) groups excluding carboxylic acids is 3. The molecule has 10 nitrogen and oxygen atoms in total. The lowest BCUT2D eigenvalue weighted by Crippen LogP contribution is -2.86. The molecule has 0 radical (unpaired) electrons. The Morgan fingerprint density at radius 1 is 1.03 bits per heavy atom. The van der Waals surface area contributed by atoms with Gasteiger partial charge >= 0.3 is 11.9 Å². The summed E-state index contributed by atoms with van der Waals surface area (Å²) in [5.41, 5.74) is -11.1. The lowest BCUT2D eigenvalue weighted by atomic mass is 9.41. The fourth-order valence-electron chi connectivity index (χ4n) is 9.11. The minimum Gasteiger partial charge on any atom is -0.472 e. The van der Waals surface area contributed by atoms with Crippen LogP contribution in [0.25, 0.3) is 0 Å². The van der Waals surface area contributed by atoms with E-state index in [1.165, 1.54) is 19.5 Å². The standard InChI is InChI=1S/C26H26O10/c1-20(2)19(29)24(30)10-23-12(34-23)5-7-21(3)14(23)13(17(27)33-15(21)11-6-8-32-9-11)25(24,31)22(4)26(20)16(35-26)18(28)36-22/h6,8-9,12,15-16,30-31H,5,7,10H2,1-4H3. The van der Waals surface area contributed by atoms with Gasteiger partial charge in [0.2, 0.25) is 0 Å². The maximum absolute atomic E-state index is 14.2. The van der Waals surface area contributed by atoms with Gasteiger partial charge in [0.15, 0.2) is 34.3 Å². The normalized spacial score (nSPS) is 54.9. The number of aliphatic hydroxyl groups is 2. The van der Waals surface area contributed by atoms with Crippen molar-refractivity contribution in [1.82, 2.24) is 0 Å². The molecule has 3 saturated heterocycles. The van der Waals surface area contributed by atoms with Gasteiger partial charge in [-0.2, -0.15) is 0 Å². The van der Waals surface area contributed by atoms with Gasteiger partial charge in [0.05, 0.1) is 29.6 Å². The Balaban J connectivity index is 1.47. The van der Waals surface area contributed by atoms with Crippen molar-refractivity contribution in [2.24, 2.45) is 10.8 Å². The molecule has 10 heteroatoms.